The van der Waals surface area contributed by atoms with Crippen LogP contribution in [0.4, 0.5) is 24.7 Å². The van der Waals surface area contributed by atoms with Crippen molar-refractivity contribution in [3.63, 3.8) is 0 Å². The number of alkyl halides is 3. The van der Waals surface area contributed by atoms with Crippen LogP contribution in [0.25, 0.3) is 0 Å². The molecule has 0 aliphatic carbocycles. The second kappa shape index (κ2) is 8.05. The lowest BCUT2D eigenvalue weighted by Crippen LogP contribution is -2.54. The van der Waals surface area contributed by atoms with Crippen molar-refractivity contribution in [2.45, 2.75) is 12.5 Å². The molecule has 29 heavy (non-hydrogen) atoms. The van der Waals surface area contributed by atoms with Gasteiger partial charge in [-0.15, -0.1) is 5.48 Å². The Morgan fingerprint density at radius 2 is 1.90 bits per heavy atom. The van der Waals surface area contributed by atoms with Gasteiger partial charge in [0.2, 0.25) is 6.35 Å². The van der Waals surface area contributed by atoms with E-state index in [4.69, 9.17) is 4.84 Å². The molecule has 156 valence electrons. The van der Waals surface area contributed by atoms with E-state index in [-0.39, 0.29) is 0 Å². The first-order valence-corrected chi connectivity index (χ1v) is 9.38. The molecule has 7 nitrogen and oxygen atoms in total. The van der Waals surface area contributed by atoms with Gasteiger partial charge in [0.25, 0.3) is 0 Å². The monoisotopic (exact) mass is 409 g/mol. The van der Waals surface area contributed by atoms with E-state index in [0.717, 1.165) is 19.2 Å². The molecule has 1 saturated heterocycles. The minimum atomic E-state index is -4.34. The molecule has 3 heterocycles. The largest absolute Gasteiger partial charge is 0.416 e. The molecule has 2 aromatic rings. The van der Waals surface area contributed by atoms with Crippen molar-refractivity contribution >= 4 is 11.5 Å². The third-order valence-corrected chi connectivity index (χ3v) is 5.16. The van der Waals surface area contributed by atoms with Gasteiger partial charge < -0.3 is 19.7 Å². The van der Waals surface area contributed by atoms with E-state index in [2.05, 4.69) is 15.4 Å². The number of benzene rings is 1. The predicted molar refractivity (Wildman–Crippen MR) is 101 cm³/mol. The summed E-state index contributed by atoms with van der Waals surface area (Å²) in [7, 11) is 0. The van der Waals surface area contributed by atoms with Crippen LogP contribution in [-0.4, -0.2) is 60.6 Å². The molecule has 1 fully saturated rings. The van der Waals surface area contributed by atoms with Gasteiger partial charge in [0.1, 0.15) is 0 Å². The Kier molecular flexibility index (Phi) is 5.48. The molecule has 0 spiro atoms. The summed E-state index contributed by atoms with van der Waals surface area (Å²) >= 11 is 0. The van der Waals surface area contributed by atoms with Gasteiger partial charge in [-0.1, -0.05) is 6.07 Å². The van der Waals surface area contributed by atoms with Crippen LogP contribution in [0, 0.1) is 0 Å². The number of fused-ring (bicyclic) bond motifs is 1. The van der Waals surface area contributed by atoms with E-state index in [1.807, 2.05) is 4.90 Å². The van der Waals surface area contributed by atoms with E-state index in [1.165, 1.54) is 12.1 Å². The van der Waals surface area contributed by atoms with Gasteiger partial charge in [0, 0.05) is 51.2 Å². The van der Waals surface area contributed by atoms with Gasteiger partial charge in [-0.3, -0.25) is 4.90 Å². The average molecular weight is 409 g/mol. The van der Waals surface area contributed by atoms with Crippen molar-refractivity contribution in [1.29, 1.82) is 0 Å². The number of hydrogen-bond donors (Lipinski definition) is 2. The number of pyridine rings is 1. The molecular formula is C19H22F3N5O2. The molecule has 1 atom stereocenters. The van der Waals surface area contributed by atoms with Crippen molar-refractivity contribution in [3.05, 3.63) is 48.2 Å². The van der Waals surface area contributed by atoms with Crippen LogP contribution in [0.3, 0.4) is 0 Å². The lowest BCUT2D eigenvalue weighted by atomic mass is 10.1. The average Bonchev–Trinajstić information content (AvgIpc) is 2.73. The van der Waals surface area contributed by atoms with Crippen LogP contribution in [0.2, 0.25) is 0 Å². The molecule has 1 aromatic heterocycles. The predicted octanol–water partition coefficient (Wildman–Crippen LogP) is 1.90. The first-order chi connectivity index (χ1) is 13.9. The summed E-state index contributed by atoms with van der Waals surface area (Å²) in [5, 5.41) is 10.2. The quantitative estimate of drug-likeness (QED) is 0.800. The first kappa shape index (κ1) is 19.7. The molecule has 0 bridgehead atoms. The molecule has 2 N–H and O–H groups in total. The minimum Gasteiger partial charge on any atom is -0.401 e. The van der Waals surface area contributed by atoms with Crippen LogP contribution in [0.5, 0.6) is 5.75 Å². The highest BCUT2D eigenvalue weighted by molar-refractivity contribution is 5.53. The molecule has 1 unspecified atom stereocenters. The molecule has 2 aliphatic heterocycles. The van der Waals surface area contributed by atoms with Crippen LogP contribution < -0.4 is 20.1 Å². The Morgan fingerprint density at radius 1 is 1.10 bits per heavy atom. The van der Waals surface area contributed by atoms with Gasteiger partial charge in [-0.05, 0) is 30.3 Å². The molecule has 10 heteroatoms. The zero-order valence-corrected chi connectivity index (χ0v) is 15.6. The lowest BCUT2D eigenvalue weighted by Gasteiger charge is -2.39. The molecule has 2 aliphatic rings. The summed E-state index contributed by atoms with van der Waals surface area (Å²) < 4.78 is 38.8. The zero-order chi connectivity index (χ0) is 20.4. The highest BCUT2D eigenvalue weighted by atomic mass is 19.4. The summed E-state index contributed by atoms with van der Waals surface area (Å²) in [5.74, 6) is 1.12. The topological polar surface area (TPSA) is 64.1 Å². The van der Waals surface area contributed by atoms with Crippen LogP contribution in [0.1, 0.15) is 5.56 Å². The van der Waals surface area contributed by atoms with Crippen molar-refractivity contribution in [1.82, 2.24) is 15.4 Å². The Labute approximate surface area is 166 Å². The number of aliphatic hydroxyl groups excluding tert-OH is 1. The van der Waals surface area contributed by atoms with E-state index in [0.29, 0.717) is 43.4 Å². The number of anilines is 2. The molecule has 0 amide bonds. The number of nitrogens with one attached hydrogen (secondary N) is 1. The molecule has 0 radical (unpaired) electrons. The number of aliphatic hydroxyl groups is 1. The van der Waals surface area contributed by atoms with Gasteiger partial charge >= 0.3 is 6.18 Å². The Morgan fingerprint density at radius 3 is 2.66 bits per heavy atom. The fraction of sp³-hybridized carbons (Fsp3) is 0.421. The van der Waals surface area contributed by atoms with Crippen LogP contribution in [0.15, 0.2) is 42.6 Å². The Balaban J connectivity index is 1.33. The smallest absolute Gasteiger partial charge is 0.401 e. The number of nitrogens with zero attached hydrogens (tertiary/aromatic N) is 4. The summed E-state index contributed by atoms with van der Waals surface area (Å²) in [5.41, 5.74) is 2.51. The number of aromatic nitrogens is 1. The number of hydrogen-bond acceptors (Lipinski definition) is 7. The van der Waals surface area contributed by atoms with Gasteiger partial charge in [-0.25, -0.2) is 4.98 Å². The van der Waals surface area contributed by atoms with Gasteiger partial charge in [0.15, 0.2) is 11.6 Å². The zero-order valence-electron chi connectivity index (χ0n) is 15.6. The summed E-state index contributed by atoms with van der Waals surface area (Å²) in [6.07, 6.45) is -3.69. The second-order valence-corrected chi connectivity index (χ2v) is 6.99. The summed E-state index contributed by atoms with van der Waals surface area (Å²) in [6.45, 7) is 3.94. The fourth-order valence-corrected chi connectivity index (χ4v) is 3.56. The van der Waals surface area contributed by atoms with E-state index < -0.39 is 18.1 Å². The standard InChI is InChI=1S/C19H22F3N5O2/c20-19(21,22)14-3-1-4-15(13-14)26-10-7-25(8-11-26)9-12-27-17-16(5-2-6-23-17)29-24-18(27)28/h1-6,13,18,24,28H,7-12H2. The fourth-order valence-electron chi connectivity index (χ4n) is 3.56. The van der Waals surface area contributed by atoms with Crippen LogP contribution in [-0.2, 0) is 6.18 Å². The molecule has 4 rings (SSSR count). The maximum Gasteiger partial charge on any atom is 0.416 e. The third kappa shape index (κ3) is 4.39. The lowest BCUT2D eigenvalue weighted by molar-refractivity contribution is -0.137. The van der Waals surface area contributed by atoms with Gasteiger partial charge in [-0.2, -0.15) is 13.2 Å². The molecule has 1 aromatic carbocycles. The number of piperazine rings is 1. The second-order valence-electron chi connectivity index (χ2n) is 6.99. The summed E-state index contributed by atoms with van der Waals surface area (Å²) in [4.78, 5) is 15.4. The Hall–Kier alpha value is -2.56. The number of rotatable bonds is 4. The molecular weight excluding hydrogens is 387 g/mol. The third-order valence-electron chi connectivity index (χ3n) is 5.16. The number of hydroxylamine groups is 1. The minimum absolute atomic E-state index is 0.533. The maximum atomic E-state index is 12.9. The van der Waals surface area contributed by atoms with E-state index in [9.17, 15) is 18.3 Å². The van der Waals surface area contributed by atoms with Crippen molar-refractivity contribution < 1.29 is 23.1 Å². The van der Waals surface area contributed by atoms with E-state index >= 15 is 0 Å². The maximum absolute atomic E-state index is 12.9. The highest BCUT2D eigenvalue weighted by Crippen LogP contribution is 2.32. The normalized spacial score (nSPS) is 20.3. The SMILES string of the molecule is OC1NOc2cccnc2N1CCN1CCN(c2cccc(C(F)(F)F)c2)CC1. The first-order valence-electron chi connectivity index (χ1n) is 9.38. The van der Waals surface area contributed by atoms with Crippen molar-refractivity contribution in [2.24, 2.45) is 0 Å². The van der Waals surface area contributed by atoms with E-state index in [1.54, 1.807) is 29.3 Å². The van der Waals surface area contributed by atoms with Crippen molar-refractivity contribution in [2.75, 3.05) is 49.1 Å². The molecule has 0 saturated carbocycles. The van der Waals surface area contributed by atoms with Crippen molar-refractivity contribution in [3.8, 4) is 5.75 Å². The number of halogens is 3. The van der Waals surface area contributed by atoms with Gasteiger partial charge in [0.05, 0.1) is 5.56 Å². The Bertz CT molecular complexity index is 843. The van der Waals surface area contributed by atoms with Crippen LogP contribution >= 0.6 is 0 Å². The summed E-state index contributed by atoms with van der Waals surface area (Å²) in [6, 6.07) is 8.97. The highest BCUT2D eigenvalue weighted by Gasteiger charge is 2.31.